The van der Waals surface area contributed by atoms with Gasteiger partial charge in [-0.15, -0.1) is 0 Å². The SMILES string of the molecule is CC(=O)N1CCC(Nc2cc(Cl)c3nccnc3c2)CC1.CC(=O)c1ccc(-c2cc(NC3CCN(C(C)=O)CC3)cc3nccnc23)cn1.Clc1cc(Br)cc2nccnc12. The minimum absolute atomic E-state index is 0.0616. The maximum atomic E-state index is 11.5. The number of likely N-dealkylation sites (tertiary alicyclic amines) is 2. The van der Waals surface area contributed by atoms with Crippen molar-refractivity contribution in [3.8, 4) is 11.1 Å². The predicted molar refractivity (Wildman–Crippen MR) is 247 cm³/mol. The Morgan fingerprint density at radius 3 is 1.52 bits per heavy atom. The molecule has 0 unspecified atom stereocenters. The molecule has 2 N–H and O–H groups in total. The van der Waals surface area contributed by atoms with E-state index in [1.54, 1.807) is 69.4 Å². The number of carbonyl (C=O) groups excluding carboxylic acids is 3. The second-order valence-electron chi connectivity index (χ2n) is 15.0. The zero-order valence-electron chi connectivity index (χ0n) is 34.4. The second kappa shape index (κ2) is 20.3. The van der Waals surface area contributed by atoms with Gasteiger partial charge in [-0.05, 0) is 68.1 Å². The van der Waals surface area contributed by atoms with Gasteiger partial charge in [-0.1, -0.05) is 45.2 Å². The summed E-state index contributed by atoms with van der Waals surface area (Å²) in [7, 11) is 0. The van der Waals surface area contributed by atoms with Gasteiger partial charge in [0.05, 0.1) is 32.1 Å². The summed E-state index contributed by atoms with van der Waals surface area (Å²) in [6, 6.07) is 15.9. The van der Waals surface area contributed by atoms with Crippen LogP contribution in [-0.4, -0.2) is 101 Å². The molecule has 0 saturated carbocycles. The molecule has 2 aliphatic heterocycles. The summed E-state index contributed by atoms with van der Waals surface area (Å²) >= 11 is 15.5. The molecule has 6 heterocycles. The fourth-order valence-corrected chi connectivity index (χ4v) is 8.51. The van der Waals surface area contributed by atoms with Gasteiger partial charge in [-0.3, -0.25) is 49.3 Å². The third-order valence-corrected chi connectivity index (χ3v) is 11.7. The van der Waals surface area contributed by atoms with Crippen LogP contribution in [0, 0.1) is 0 Å². The standard InChI is InChI=1S/C22H23N5O2.C15H17ClN4O.C8H4BrClN2/c1-14(28)20-4-3-16(13-25-20)19-11-18(12-21-22(19)24-8-7-23-21)26-17-5-9-27(10-6-17)15(2)29;1-10(21)20-6-2-11(3-7-20)19-12-8-13(16)15-14(9-12)17-4-5-18-15;9-5-3-6(10)8-7(4-5)11-1-2-12-8/h3-4,7-8,11-13,17,26H,5-6,9-10H2,1-2H3;4-5,8-9,11,19H,2-3,6-7H2,1H3;1-4H. The smallest absolute Gasteiger partial charge is 0.219 e. The van der Waals surface area contributed by atoms with E-state index in [0.717, 1.165) is 112 Å². The number of pyridine rings is 1. The lowest BCUT2D eigenvalue weighted by Gasteiger charge is -2.32. The molecule has 3 aromatic carbocycles. The Kier molecular flexibility index (Phi) is 14.5. The van der Waals surface area contributed by atoms with Crippen LogP contribution in [0.2, 0.25) is 10.0 Å². The number of rotatable bonds is 6. The van der Waals surface area contributed by atoms with Gasteiger partial charge in [0.1, 0.15) is 16.7 Å². The summed E-state index contributed by atoms with van der Waals surface area (Å²) in [5.41, 5.74) is 8.79. The van der Waals surface area contributed by atoms with Crippen LogP contribution in [0.4, 0.5) is 11.4 Å². The van der Waals surface area contributed by atoms with E-state index in [1.807, 2.05) is 40.1 Å². The first-order chi connectivity index (χ1) is 29.9. The molecule has 0 spiro atoms. The lowest BCUT2D eigenvalue weighted by atomic mass is 10.0. The molecule has 4 aromatic heterocycles. The molecule has 0 radical (unpaired) electrons. The third-order valence-electron chi connectivity index (χ3n) is 10.7. The quantitative estimate of drug-likeness (QED) is 0.152. The second-order valence-corrected chi connectivity index (χ2v) is 16.7. The number of nitrogens with zero attached hydrogens (tertiary/aromatic N) is 9. The first-order valence-electron chi connectivity index (χ1n) is 20.1. The fraction of sp³-hybridized carbons (Fsp3) is 0.289. The van der Waals surface area contributed by atoms with Gasteiger partial charge < -0.3 is 20.4 Å². The number of aromatic nitrogens is 7. The maximum absolute atomic E-state index is 11.5. The lowest BCUT2D eigenvalue weighted by molar-refractivity contribution is -0.130. The molecule has 9 rings (SSSR count). The number of hydrogen-bond donors (Lipinski definition) is 2. The van der Waals surface area contributed by atoms with Crippen LogP contribution in [0.25, 0.3) is 44.2 Å². The van der Waals surface area contributed by atoms with E-state index < -0.39 is 0 Å². The topological polar surface area (TPSA) is 172 Å². The Balaban J connectivity index is 0.000000152. The van der Waals surface area contributed by atoms with Crippen LogP contribution in [-0.2, 0) is 9.59 Å². The van der Waals surface area contributed by atoms with E-state index in [1.165, 1.54) is 6.92 Å². The summed E-state index contributed by atoms with van der Waals surface area (Å²) in [6.45, 7) is 7.88. The summed E-state index contributed by atoms with van der Waals surface area (Å²) in [6.07, 6.45) is 15.3. The predicted octanol–water partition coefficient (Wildman–Crippen LogP) is 9.07. The zero-order valence-corrected chi connectivity index (χ0v) is 37.5. The van der Waals surface area contributed by atoms with E-state index >= 15 is 0 Å². The number of carbonyl (C=O) groups is 3. The highest BCUT2D eigenvalue weighted by Gasteiger charge is 2.22. The largest absolute Gasteiger partial charge is 0.382 e. The first-order valence-corrected chi connectivity index (χ1v) is 21.7. The Labute approximate surface area is 377 Å². The van der Waals surface area contributed by atoms with Gasteiger partial charge in [0.2, 0.25) is 11.8 Å². The van der Waals surface area contributed by atoms with Crippen LogP contribution in [0.15, 0.2) is 96.4 Å². The highest BCUT2D eigenvalue weighted by Crippen LogP contribution is 2.31. The molecule has 62 heavy (non-hydrogen) atoms. The van der Waals surface area contributed by atoms with Crippen molar-refractivity contribution in [1.29, 1.82) is 0 Å². The Morgan fingerprint density at radius 1 is 0.581 bits per heavy atom. The number of Topliss-reactive ketones (excluding diaryl/α,β-unsaturated/α-hetero) is 1. The van der Waals surface area contributed by atoms with E-state index in [2.05, 4.69) is 67.5 Å². The van der Waals surface area contributed by atoms with Crippen molar-refractivity contribution < 1.29 is 14.4 Å². The van der Waals surface area contributed by atoms with Crippen molar-refractivity contribution >= 4 is 101 Å². The van der Waals surface area contributed by atoms with Crippen molar-refractivity contribution in [1.82, 2.24) is 44.7 Å². The summed E-state index contributed by atoms with van der Waals surface area (Å²) in [4.78, 5) is 68.2. The minimum atomic E-state index is -0.0616. The molecule has 14 nitrogen and oxygen atoms in total. The van der Waals surface area contributed by atoms with Crippen LogP contribution >= 0.6 is 39.1 Å². The molecular weight excluding hydrogens is 893 g/mol. The van der Waals surface area contributed by atoms with Crippen LogP contribution in [0.1, 0.15) is 56.9 Å². The molecule has 2 fully saturated rings. The number of halogens is 3. The molecule has 17 heteroatoms. The van der Waals surface area contributed by atoms with Crippen LogP contribution < -0.4 is 10.6 Å². The Morgan fingerprint density at radius 2 is 1.03 bits per heavy atom. The fourth-order valence-electron chi connectivity index (χ4n) is 7.40. The van der Waals surface area contributed by atoms with E-state index in [9.17, 15) is 14.4 Å². The van der Waals surface area contributed by atoms with E-state index in [-0.39, 0.29) is 17.6 Å². The van der Waals surface area contributed by atoms with Crippen molar-refractivity contribution in [2.75, 3.05) is 36.8 Å². The molecule has 0 aliphatic carbocycles. The molecule has 2 amide bonds. The van der Waals surface area contributed by atoms with E-state index in [4.69, 9.17) is 23.2 Å². The molecule has 2 aliphatic rings. The number of ketones is 1. The molecule has 0 bridgehead atoms. The molecule has 7 aromatic rings. The molecule has 0 atom stereocenters. The Bertz CT molecular complexity index is 2730. The van der Waals surface area contributed by atoms with Gasteiger partial charge in [-0.2, -0.15) is 0 Å². The maximum Gasteiger partial charge on any atom is 0.219 e. The van der Waals surface area contributed by atoms with Gasteiger partial charge in [0, 0.05) is 129 Å². The average Bonchev–Trinajstić information content (AvgIpc) is 3.27. The lowest BCUT2D eigenvalue weighted by Crippen LogP contribution is -2.41. The Hall–Kier alpha value is -5.90. The third kappa shape index (κ3) is 11.1. The van der Waals surface area contributed by atoms with Crippen molar-refractivity contribution in [3.05, 3.63) is 112 Å². The number of nitrogens with one attached hydrogen (secondary N) is 2. The van der Waals surface area contributed by atoms with Crippen molar-refractivity contribution in [3.63, 3.8) is 0 Å². The number of hydrogen-bond acceptors (Lipinski definition) is 12. The number of amides is 2. The van der Waals surface area contributed by atoms with Gasteiger partial charge in [-0.25, -0.2) is 0 Å². The molecular formula is C45H44BrCl2N11O3. The number of piperidine rings is 2. The van der Waals surface area contributed by atoms with Crippen molar-refractivity contribution in [2.45, 2.75) is 58.5 Å². The molecule has 318 valence electrons. The monoisotopic (exact) mass is 935 g/mol. The van der Waals surface area contributed by atoms with Crippen LogP contribution in [0.5, 0.6) is 0 Å². The molecule has 2 saturated heterocycles. The summed E-state index contributed by atoms with van der Waals surface area (Å²) < 4.78 is 0.917. The highest BCUT2D eigenvalue weighted by atomic mass is 79.9. The van der Waals surface area contributed by atoms with Crippen molar-refractivity contribution in [2.24, 2.45) is 0 Å². The zero-order chi connectivity index (χ0) is 43.8. The normalized spacial score (nSPS) is 14.4. The van der Waals surface area contributed by atoms with Gasteiger partial charge in [0.25, 0.3) is 0 Å². The number of fused-ring (bicyclic) bond motifs is 3. The van der Waals surface area contributed by atoms with E-state index in [0.29, 0.717) is 27.8 Å². The number of anilines is 2. The number of benzene rings is 3. The van der Waals surface area contributed by atoms with Gasteiger partial charge in [0.15, 0.2) is 5.78 Å². The van der Waals surface area contributed by atoms with Crippen LogP contribution in [0.3, 0.4) is 0 Å². The summed E-state index contributed by atoms with van der Waals surface area (Å²) in [5, 5.41) is 8.29. The van der Waals surface area contributed by atoms with Gasteiger partial charge >= 0.3 is 0 Å². The summed E-state index contributed by atoms with van der Waals surface area (Å²) in [5.74, 6) is 0.221. The average molecular weight is 938 g/mol. The minimum Gasteiger partial charge on any atom is -0.382 e. The first kappa shape index (κ1) is 44.2. The highest BCUT2D eigenvalue weighted by molar-refractivity contribution is 9.10.